The molecule has 14 heavy (non-hydrogen) atoms. The van der Waals surface area contributed by atoms with Crippen LogP contribution in [-0.4, -0.2) is 44.2 Å². The second-order valence-corrected chi connectivity index (χ2v) is 3.85. The fraction of sp³-hybridized carbons (Fsp3) is 0.900. The minimum atomic E-state index is 0.262. The highest BCUT2D eigenvalue weighted by molar-refractivity contribution is 5.78. The minimum absolute atomic E-state index is 0.262. The molecule has 1 aliphatic rings. The van der Waals surface area contributed by atoms with Crippen molar-refractivity contribution < 1.29 is 9.53 Å². The first-order chi connectivity index (χ1) is 6.77. The van der Waals surface area contributed by atoms with Crippen molar-refractivity contribution >= 4 is 5.91 Å². The van der Waals surface area contributed by atoms with Crippen LogP contribution in [0.1, 0.15) is 19.3 Å². The zero-order valence-electron chi connectivity index (χ0n) is 8.87. The normalized spacial score (nSPS) is 22.0. The van der Waals surface area contributed by atoms with Crippen molar-refractivity contribution in [3.8, 4) is 0 Å². The number of hydrogen-bond donors (Lipinski definition) is 1. The van der Waals surface area contributed by atoms with E-state index in [0.717, 1.165) is 32.5 Å². The van der Waals surface area contributed by atoms with Crippen LogP contribution in [0.25, 0.3) is 0 Å². The standard InChI is InChI=1S/C10H20N2O2/c1-14-5-3-2-4-12-8-9(7-11)6-10(12)13/h9H,2-8,11H2,1H3. The Balaban J connectivity index is 2.15. The molecule has 1 aliphatic heterocycles. The quantitative estimate of drug-likeness (QED) is 0.624. The number of rotatable bonds is 6. The van der Waals surface area contributed by atoms with Gasteiger partial charge < -0.3 is 15.4 Å². The van der Waals surface area contributed by atoms with Gasteiger partial charge in [-0.25, -0.2) is 0 Å². The van der Waals surface area contributed by atoms with E-state index < -0.39 is 0 Å². The second-order valence-electron chi connectivity index (χ2n) is 3.85. The van der Waals surface area contributed by atoms with Crippen molar-refractivity contribution in [2.24, 2.45) is 11.7 Å². The number of hydrogen-bond acceptors (Lipinski definition) is 3. The molecule has 0 saturated carbocycles. The molecule has 0 aliphatic carbocycles. The molecule has 4 heteroatoms. The number of unbranched alkanes of at least 4 members (excludes halogenated alkanes) is 1. The monoisotopic (exact) mass is 200 g/mol. The highest BCUT2D eigenvalue weighted by atomic mass is 16.5. The Bertz CT molecular complexity index is 185. The number of likely N-dealkylation sites (tertiary alicyclic amines) is 1. The number of carbonyl (C=O) groups excluding carboxylic acids is 1. The summed E-state index contributed by atoms with van der Waals surface area (Å²) in [6.07, 6.45) is 2.69. The van der Waals surface area contributed by atoms with Crippen LogP contribution in [0.15, 0.2) is 0 Å². The predicted molar refractivity (Wildman–Crippen MR) is 54.9 cm³/mol. The third-order valence-electron chi connectivity index (χ3n) is 2.65. The van der Waals surface area contributed by atoms with Crippen molar-refractivity contribution in [2.45, 2.75) is 19.3 Å². The number of carbonyl (C=O) groups is 1. The van der Waals surface area contributed by atoms with Gasteiger partial charge in [0.1, 0.15) is 0 Å². The summed E-state index contributed by atoms with van der Waals surface area (Å²) in [7, 11) is 1.70. The van der Waals surface area contributed by atoms with Crippen molar-refractivity contribution in [2.75, 3.05) is 33.4 Å². The van der Waals surface area contributed by atoms with E-state index in [2.05, 4.69) is 0 Å². The number of nitrogens with zero attached hydrogens (tertiary/aromatic N) is 1. The molecular weight excluding hydrogens is 180 g/mol. The number of amides is 1. The lowest BCUT2D eigenvalue weighted by molar-refractivity contribution is -0.127. The van der Waals surface area contributed by atoms with Gasteiger partial charge in [0.25, 0.3) is 0 Å². The van der Waals surface area contributed by atoms with Gasteiger partial charge in [-0.15, -0.1) is 0 Å². The number of ether oxygens (including phenoxy) is 1. The molecule has 0 spiro atoms. The smallest absolute Gasteiger partial charge is 0.222 e. The lowest BCUT2D eigenvalue weighted by Gasteiger charge is -2.15. The molecular formula is C10H20N2O2. The summed E-state index contributed by atoms with van der Waals surface area (Å²) in [5.41, 5.74) is 5.54. The maximum absolute atomic E-state index is 11.4. The molecule has 1 unspecified atom stereocenters. The van der Waals surface area contributed by atoms with Gasteiger partial charge in [-0.3, -0.25) is 4.79 Å². The zero-order chi connectivity index (χ0) is 10.4. The Morgan fingerprint density at radius 1 is 1.57 bits per heavy atom. The van der Waals surface area contributed by atoms with Gasteiger partial charge in [-0.05, 0) is 25.3 Å². The maximum atomic E-state index is 11.4. The van der Waals surface area contributed by atoms with Gasteiger partial charge >= 0.3 is 0 Å². The molecule has 0 aromatic rings. The molecule has 1 rings (SSSR count). The second kappa shape index (κ2) is 5.98. The molecule has 4 nitrogen and oxygen atoms in total. The first kappa shape index (κ1) is 11.5. The molecule has 82 valence electrons. The van der Waals surface area contributed by atoms with Gasteiger partial charge in [0, 0.05) is 33.2 Å². The van der Waals surface area contributed by atoms with E-state index in [4.69, 9.17) is 10.5 Å². The summed E-state index contributed by atoms with van der Waals surface area (Å²) in [6, 6.07) is 0. The Kier molecular flexibility index (Phi) is 4.90. The Labute approximate surface area is 85.4 Å². The third-order valence-corrected chi connectivity index (χ3v) is 2.65. The fourth-order valence-electron chi connectivity index (χ4n) is 1.78. The molecule has 0 radical (unpaired) electrons. The lowest BCUT2D eigenvalue weighted by Crippen LogP contribution is -2.27. The van der Waals surface area contributed by atoms with E-state index in [1.807, 2.05) is 4.90 Å². The zero-order valence-corrected chi connectivity index (χ0v) is 8.87. The van der Waals surface area contributed by atoms with Crippen LogP contribution >= 0.6 is 0 Å². The van der Waals surface area contributed by atoms with Gasteiger partial charge in [0.2, 0.25) is 5.91 Å². The summed E-state index contributed by atoms with van der Waals surface area (Å²) < 4.78 is 4.95. The summed E-state index contributed by atoms with van der Waals surface area (Å²) in [5.74, 6) is 0.641. The van der Waals surface area contributed by atoms with Crippen molar-refractivity contribution in [1.82, 2.24) is 4.90 Å². The Hall–Kier alpha value is -0.610. The molecule has 1 amide bonds. The molecule has 0 aromatic heterocycles. The molecule has 0 aromatic carbocycles. The molecule has 1 heterocycles. The molecule has 1 atom stereocenters. The van der Waals surface area contributed by atoms with E-state index in [1.165, 1.54) is 0 Å². The SMILES string of the molecule is COCCCCN1CC(CN)CC1=O. The summed E-state index contributed by atoms with van der Waals surface area (Å²) in [6.45, 7) is 3.11. The van der Waals surface area contributed by atoms with Crippen LogP contribution in [0.3, 0.4) is 0 Å². The van der Waals surface area contributed by atoms with Crippen LogP contribution in [0.5, 0.6) is 0 Å². The van der Waals surface area contributed by atoms with Crippen molar-refractivity contribution in [1.29, 1.82) is 0 Å². The van der Waals surface area contributed by atoms with Crippen molar-refractivity contribution in [3.05, 3.63) is 0 Å². The lowest BCUT2D eigenvalue weighted by atomic mass is 10.1. The molecule has 1 fully saturated rings. The van der Waals surface area contributed by atoms with E-state index >= 15 is 0 Å². The van der Waals surface area contributed by atoms with Crippen molar-refractivity contribution in [3.63, 3.8) is 0 Å². The molecule has 2 N–H and O–H groups in total. The summed E-state index contributed by atoms with van der Waals surface area (Å²) >= 11 is 0. The highest BCUT2D eigenvalue weighted by Gasteiger charge is 2.27. The van der Waals surface area contributed by atoms with Crippen LogP contribution < -0.4 is 5.73 Å². The minimum Gasteiger partial charge on any atom is -0.385 e. The van der Waals surface area contributed by atoms with Crippen LogP contribution in [0.2, 0.25) is 0 Å². The molecule has 0 bridgehead atoms. The number of nitrogens with two attached hydrogens (primary N) is 1. The van der Waals surface area contributed by atoms with Gasteiger partial charge in [-0.1, -0.05) is 0 Å². The average molecular weight is 200 g/mol. The first-order valence-corrected chi connectivity index (χ1v) is 5.24. The largest absolute Gasteiger partial charge is 0.385 e. The van der Waals surface area contributed by atoms with E-state index in [0.29, 0.717) is 18.9 Å². The fourth-order valence-corrected chi connectivity index (χ4v) is 1.78. The maximum Gasteiger partial charge on any atom is 0.222 e. The third kappa shape index (κ3) is 3.27. The van der Waals surface area contributed by atoms with Gasteiger partial charge in [0.15, 0.2) is 0 Å². The van der Waals surface area contributed by atoms with Gasteiger partial charge in [0.05, 0.1) is 0 Å². The van der Waals surface area contributed by atoms with Crippen LogP contribution in [0, 0.1) is 5.92 Å². The first-order valence-electron chi connectivity index (χ1n) is 5.24. The highest BCUT2D eigenvalue weighted by Crippen LogP contribution is 2.16. The van der Waals surface area contributed by atoms with Crippen LogP contribution in [-0.2, 0) is 9.53 Å². The Morgan fingerprint density at radius 2 is 2.36 bits per heavy atom. The average Bonchev–Trinajstić information content (AvgIpc) is 2.54. The van der Waals surface area contributed by atoms with E-state index in [9.17, 15) is 4.79 Å². The van der Waals surface area contributed by atoms with Crippen LogP contribution in [0.4, 0.5) is 0 Å². The topological polar surface area (TPSA) is 55.6 Å². The van der Waals surface area contributed by atoms with E-state index in [1.54, 1.807) is 7.11 Å². The van der Waals surface area contributed by atoms with E-state index in [-0.39, 0.29) is 5.91 Å². The predicted octanol–water partition coefficient (Wildman–Crippen LogP) is 0.220. The number of methoxy groups -OCH3 is 1. The molecule has 1 saturated heterocycles. The summed E-state index contributed by atoms with van der Waals surface area (Å²) in [4.78, 5) is 13.4. The Morgan fingerprint density at radius 3 is 2.93 bits per heavy atom. The summed E-state index contributed by atoms with van der Waals surface area (Å²) in [5, 5.41) is 0. The van der Waals surface area contributed by atoms with Gasteiger partial charge in [-0.2, -0.15) is 0 Å².